The highest BCUT2D eigenvalue weighted by Crippen LogP contribution is 2.23. The number of benzene rings is 2. The van der Waals surface area contributed by atoms with Gasteiger partial charge < -0.3 is 23.7 Å². The maximum absolute atomic E-state index is 12.8. The van der Waals surface area contributed by atoms with Gasteiger partial charge in [-0.3, -0.25) is 4.79 Å². The van der Waals surface area contributed by atoms with Crippen LogP contribution in [0.1, 0.15) is 16.8 Å². The molecule has 0 saturated carbocycles. The second kappa shape index (κ2) is 11.1. The molecule has 1 aliphatic heterocycles. The molecule has 0 bridgehead atoms. The highest BCUT2D eigenvalue weighted by Gasteiger charge is 2.16. The van der Waals surface area contributed by atoms with Gasteiger partial charge in [-0.05, 0) is 47.5 Å². The molecule has 7 nitrogen and oxygen atoms in total. The number of carbonyl (C=O) groups is 1. The van der Waals surface area contributed by atoms with Crippen molar-refractivity contribution < 1.29 is 14.3 Å². The molecule has 3 heterocycles. The number of morpholine rings is 1. The van der Waals surface area contributed by atoms with Crippen LogP contribution in [0.15, 0.2) is 85.2 Å². The minimum atomic E-state index is -0.0426. The number of carbonyl (C=O) groups excluding carboxylic acids is 1. The van der Waals surface area contributed by atoms with Gasteiger partial charge >= 0.3 is 0 Å². The van der Waals surface area contributed by atoms with E-state index in [2.05, 4.69) is 22.0 Å². The summed E-state index contributed by atoms with van der Waals surface area (Å²) in [6.07, 6.45) is 7.38. The fourth-order valence-electron chi connectivity index (χ4n) is 4.27. The van der Waals surface area contributed by atoms with Crippen molar-refractivity contribution in [1.29, 1.82) is 0 Å². The highest BCUT2D eigenvalue weighted by molar-refractivity contribution is 5.91. The van der Waals surface area contributed by atoms with Gasteiger partial charge in [-0.2, -0.15) is 0 Å². The molecule has 7 heteroatoms. The Bertz CT molecular complexity index is 1310. The molecule has 0 atom stereocenters. The van der Waals surface area contributed by atoms with E-state index in [1.54, 1.807) is 11.0 Å². The van der Waals surface area contributed by atoms with E-state index in [1.807, 2.05) is 84.5 Å². The van der Waals surface area contributed by atoms with Crippen molar-refractivity contribution >= 4 is 23.3 Å². The fourth-order valence-corrected chi connectivity index (χ4v) is 4.27. The van der Waals surface area contributed by atoms with E-state index >= 15 is 0 Å². The molecule has 1 aliphatic rings. The van der Waals surface area contributed by atoms with E-state index in [0.29, 0.717) is 13.2 Å². The number of pyridine rings is 1. The van der Waals surface area contributed by atoms with E-state index in [-0.39, 0.29) is 5.91 Å². The van der Waals surface area contributed by atoms with Crippen molar-refractivity contribution in [3.05, 3.63) is 102 Å². The highest BCUT2D eigenvalue weighted by atomic mass is 16.5. The Balaban J connectivity index is 1.15. The van der Waals surface area contributed by atoms with Crippen LogP contribution in [0.25, 0.3) is 11.7 Å². The smallest absolute Gasteiger partial charge is 0.246 e. The number of nitrogens with zero attached hydrogens (tertiary/aromatic N) is 4. The third-order valence-electron chi connectivity index (χ3n) is 6.23. The quantitative estimate of drug-likeness (QED) is 0.348. The molecular formula is C29H30N4O3. The number of anilines is 1. The van der Waals surface area contributed by atoms with Crippen LogP contribution >= 0.6 is 0 Å². The van der Waals surface area contributed by atoms with Gasteiger partial charge in [0, 0.05) is 50.8 Å². The van der Waals surface area contributed by atoms with E-state index in [9.17, 15) is 4.79 Å². The van der Waals surface area contributed by atoms with Gasteiger partial charge in [0.25, 0.3) is 0 Å². The van der Waals surface area contributed by atoms with Crippen molar-refractivity contribution in [3.63, 3.8) is 0 Å². The number of hydrogen-bond acceptors (Lipinski definition) is 5. The summed E-state index contributed by atoms with van der Waals surface area (Å²) in [7, 11) is 1.83. The van der Waals surface area contributed by atoms with Crippen molar-refractivity contribution in [3.8, 4) is 5.75 Å². The van der Waals surface area contributed by atoms with Gasteiger partial charge in [0.05, 0.1) is 18.9 Å². The van der Waals surface area contributed by atoms with Crippen LogP contribution in [0.5, 0.6) is 5.75 Å². The van der Waals surface area contributed by atoms with Crippen LogP contribution in [0, 0.1) is 0 Å². The Labute approximate surface area is 211 Å². The van der Waals surface area contributed by atoms with Gasteiger partial charge in [-0.1, -0.05) is 36.4 Å². The predicted molar refractivity (Wildman–Crippen MR) is 141 cm³/mol. The first kappa shape index (κ1) is 23.6. The van der Waals surface area contributed by atoms with Gasteiger partial charge in [-0.15, -0.1) is 0 Å². The normalized spacial score (nSPS) is 13.9. The van der Waals surface area contributed by atoms with Crippen LogP contribution in [0.4, 0.5) is 5.69 Å². The number of ether oxygens (including phenoxy) is 2. The number of imidazole rings is 1. The summed E-state index contributed by atoms with van der Waals surface area (Å²) >= 11 is 0. The molecule has 1 saturated heterocycles. The first-order valence-electron chi connectivity index (χ1n) is 12.1. The maximum Gasteiger partial charge on any atom is 0.246 e. The van der Waals surface area contributed by atoms with Crippen molar-refractivity contribution in [1.82, 2.24) is 14.3 Å². The Kier molecular flexibility index (Phi) is 7.28. The topological polar surface area (TPSA) is 59.3 Å². The van der Waals surface area contributed by atoms with Gasteiger partial charge in [0.1, 0.15) is 18.0 Å². The minimum absolute atomic E-state index is 0.0426. The number of aromatic nitrogens is 2. The number of rotatable bonds is 8. The first-order chi connectivity index (χ1) is 17.7. The van der Waals surface area contributed by atoms with Crippen molar-refractivity contribution in [2.75, 3.05) is 38.3 Å². The second-order valence-corrected chi connectivity index (χ2v) is 8.81. The standard InChI is InChI=1S/C29H30N4O3/c1-31(20-24-6-2-3-7-27(24)32-16-18-35-19-17-32)29(34)14-11-23-9-12-26(13-10-23)36-22-25-21-33-15-5-4-8-28(33)30-25/h2-15,21H,16-20,22H2,1H3/b14-11+. The Morgan fingerprint density at radius 1 is 1.06 bits per heavy atom. The molecule has 4 aromatic rings. The SMILES string of the molecule is CN(Cc1ccccc1N1CCOCC1)C(=O)/C=C/c1ccc(OCc2cn3ccccc3n2)cc1. The summed E-state index contributed by atoms with van der Waals surface area (Å²) in [6, 6.07) is 21.9. The Morgan fingerprint density at radius 3 is 2.64 bits per heavy atom. The molecule has 2 aromatic heterocycles. The van der Waals surface area contributed by atoms with E-state index in [4.69, 9.17) is 9.47 Å². The monoisotopic (exact) mass is 482 g/mol. The molecule has 0 N–H and O–H groups in total. The van der Waals surface area contributed by atoms with Gasteiger partial charge in [0.15, 0.2) is 0 Å². The maximum atomic E-state index is 12.8. The molecule has 1 amide bonds. The average molecular weight is 483 g/mol. The van der Waals surface area contributed by atoms with Crippen LogP contribution in [0.3, 0.4) is 0 Å². The van der Waals surface area contributed by atoms with Crippen LogP contribution in [0.2, 0.25) is 0 Å². The molecule has 2 aromatic carbocycles. The summed E-state index contributed by atoms with van der Waals surface area (Å²) in [5.41, 5.74) is 5.01. The van der Waals surface area contributed by atoms with Gasteiger partial charge in [-0.25, -0.2) is 4.98 Å². The van der Waals surface area contributed by atoms with Gasteiger partial charge in [0.2, 0.25) is 5.91 Å². The zero-order valence-corrected chi connectivity index (χ0v) is 20.4. The Hall–Kier alpha value is -4.10. The Morgan fingerprint density at radius 2 is 1.83 bits per heavy atom. The number of fused-ring (bicyclic) bond motifs is 1. The molecule has 184 valence electrons. The molecule has 36 heavy (non-hydrogen) atoms. The minimum Gasteiger partial charge on any atom is -0.487 e. The fraction of sp³-hybridized carbons (Fsp3) is 0.241. The van der Waals surface area contributed by atoms with Crippen molar-refractivity contribution in [2.45, 2.75) is 13.2 Å². The first-order valence-corrected chi connectivity index (χ1v) is 12.1. The van der Waals surface area contributed by atoms with Crippen LogP contribution in [-0.4, -0.2) is 53.5 Å². The lowest BCUT2D eigenvalue weighted by Crippen LogP contribution is -2.37. The van der Waals surface area contributed by atoms with E-state index in [0.717, 1.165) is 54.5 Å². The molecule has 0 aliphatic carbocycles. The zero-order valence-electron chi connectivity index (χ0n) is 20.4. The van der Waals surface area contributed by atoms with E-state index < -0.39 is 0 Å². The lowest BCUT2D eigenvalue weighted by Gasteiger charge is -2.31. The second-order valence-electron chi connectivity index (χ2n) is 8.81. The van der Waals surface area contributed by atoms with Crippen molar-refractivity contribution in [2.24, 2.45) is 0 Å². The van der Waals surface area contributed by atoms with E-state index in [1.165, 1.54) is 5.69 Å². The largest absolute Gasteiger partial charge is 0.487 e. The molecular weight excluding hydrogens is 452 g/mol. The summed E-state index contributed by atoms with van der Waals surface area (Å²) in [4.78, 5) is 21.4. The summed E-state index contributed by atoms with van der Waals surface area (Å²) < 4.78 is 13.3. The molecule has 0 spiro atoms. The van der Waals surface area contributed by atoms with Crippen LogP contribution < -0.4 is 9.64 Å². The third kappa shape index (κ3) is 5.75. The number of amides is 1. The average Bonchev–Trinajstić information content (AvgIpc) is 3.35. The molecule has 0 radical (unpaired) electrons. The number of para-hydroxylation sites is 1. The summed E-state index contributed by atoms with van der Waals surface area (Å²) in [5.74, 6) is 0.714. The molecule has 5 rings (SSSR count). The summed E-state index contributed by atoms with van der Waals surface area (Å²) in [5, 5.41) is 0. The molecule has 0 unspecified atom stereocenters. The van der Waals surface area contributed by atoms with Crippen LogP contribution in [-0.2, 0) is 22.7 Å². The predicted octanol–water partition coefficient (Wildman–Crippen LogP) is 4.42. The third-order valence-corrected chi connectivity index (χ3v) is 6.23. The zero-order chi connectivity index (χ0) is 24.7. The number of hydrogen-bond donors (Lipinski definition) is 0. The number of likely N-dealkylation sites (N-methyl/N-ethyl adjacent to an activating group) is 1. The summed E-state index contributed by atoms with van der Waals surface area (Å²) in [6.45, 7) is 4.14. The molecule has 1 fully saturated rings. The lowest BCUT2D eigenvalue weighted by atomic mass is 10.1. The lowest BCUT2D eigenvalue weighted by molar-refractivity contribution is -0.125.